The molecule has 0 bridgehead atoms. The molecule has 7 heteroatoms. The Kier molecular flexibility index (Phi) is 3.98. The number of carbonyl (C=O) groups excluding carboxylic acids is 1. The lowest BCUT2D eigenvalue weighted by Crippen LogP contribution is -2.24. The van der Waals surface area contributed by atoms with Crippen molar-refractivity contribution >= 4 is 11.6 Å². The number of nitrogens with zero attached hydrogens (tertiary/aromatic N) is 3. The molecule has 0 saturated heterocycles. The van der Waals surface area contributed by atoms with Crippen molar-refractivity contribution < 1.29 is 13.6 Å². The Morgan fingerprint density at radius 3 is 2.76 bits per heavy atom. The Bertz CT molecular complexity index is 733. The van der Waals surface area contributed by atoms with E-state index in [1.165, 1.54) is 10.9 Å². The van der Waals surface area contributed by atoms with E-state index in [0.29, 0.717) is 17.3 Å². The van der Waals surface area contributed by atoms with Gasteiger partial charge in [-0.1, -0.05) is 0 Å². The van der Waals surface area contributed by atoms with Gasteiger partial charge in [0.25, 0.3) is 0 Å². The van der Waals surface area contributed by atoms with Crippen LogP contribution in [-0.4, -0.2) is 15.7 Å². The molecule has 0 aliphatic heterocycles. The molecule has 1 aromatic carbocycles. The molecular formula is C14H12F2N4O. The first-order valence-corrected chi connectivity index (χ1v) is 6.14. The molecule has 1 amide bonds. The van der Waals surface area contributed by atoms with Crippen LogP contribution in [0.1, 0.15) is 24.2 Å². The summed E-state index contributed by atoms with van der Waals surface area (Å²) in [6.07, 6.45) is 1.45. The van der Waals surface area contributed by atoms with E-state index in [0.717, 1.165) is 12.1 Å². The zero-order chi connectivity index (χ0) is 15.6. The van der Waals surface area contributed by atoms with Crippen LogP contribution in [0, 0.1) is 29.9 Å². The van der Waals surface area contributed by atoms with E-state index < -0.39 is 23.6 Å². The highest BCUT2D eigenvalue weighted by Crippen LogP contribution is 2.17. The number of nitriles is 1. The Morgan fingerprint density at radius 1 is 1.48 bits per heavy atom. The molecule has 0 saturated carbocycles. The Balaban J connectivity index is 2.17. The Labute approximate surface area is 119 Å². The third kappa shape index (κ3) is 3.05. The lowest BCUT2D eigenvalue weighted by atomic mass is 10.2. The fourth-order valence-electron chi connectivity index (χ4n) is 1.74. The van der Waals surface area contributed by atoms with Gasteiger partial charge in [0.1, 0.15) is 23.7 Å². The minimum Gasteiger partial charge on any atom is -0.322 e. The first kappa shape index (κ1) is 14.7. The van der Waals surface area contributed by atoms with E-state index in [1.54, 1.807) is 13.8 Å². The van der Waals surface area contributed by atoms with Gasteiger partial charge >= 0.3 is 0 Å². The van der Waals surface area contributed by atoms with Crippen LogP contribution < -0.4 is 5.32 Å². The average molecular weight is 290 g/mol. The maximum atomic E-state index is 13.5. The highest BCUT2D eigenvalue weighted by Gasteiger charge is 2.19. The molecule has 0 aliphatic rings. The quantitative estimate of drug-likeness (QED) is 0.944. The van der Waals surface area contributed by atoms with Gasteiger partial charge in [0.2, 0.25) is 5.91 Å². The molecule has 1 atom stereocenters. The highest BCUT2D eigenvalue weighted by atomic mass is 19.1. The fraction of sp³-hybridized carbons (Fsp3) is 0.214. The average Bonchev–Trinajstić information content (AvgIpc) is 2.82. The van der Waals surface area contributed by atoms with E-state index in [9.17, 15) is 13.6 Å². The number of halogens is 2. The SMILES string of the molecule is Cc1nn([C@@H](C)C(=O)Nc2ccc(F)cc2F)cc1C#N. The van der Waals surface area contributed by atoms with Crippen LogP contribution >= 0.6 is 0 Å². The van der Waals surface area contributed by atoms with Gasteiger partial charge in [-0.05, 0) is 26.0 Å². The summed E-state index contributed by atoms with van der Waals surface area (Å²) in [6, 6.07) is 4.10. The molecule has 1 heterocycles. The van der Waals surface area contributed by atoms with Crippen LogP contribution in [0.3, 0.4) is 0 Å². The van der Waals surface area contributed by atoms with Gasteiger partial charge in [-0.2, -0.15) is 10.4 Å². The molecular weight excluding hydrogens is 278 g/mol. The minimum absolute atomic E-state index is 0.113. The molecule has 1 N–H and O–H groups in total. The molecule has 0 radical (unpaired) electrons. The monoisotopic (exact) mass is 290 g/mol. The summed E-state index contributed by atoms with van der Waals surface area (Å²) >= 11 is 0. The van der Waals surface area contributed by atoms with Crippen molar-refractivity contribution in [2.75, 3.05) is 5.32 Å². The third-order valence-electron chi connectivity index (χ3n) is 3.00. The van der Waals surface area contributed by atoms with Crippen LogP contribution in [0.25, 0.3) is 0 Å². The molecule has 0 aliphatic carbocycles. The highest BCUT2D eigenvalue weighted by molar-refractivity contribution is 5.93. The summed E-state index contributed by atoms with van der Waals surface area (Å²) in [7, 11) is 0. The van der Waals surface area contributed by atoms with E-state index in [2.05, 4.69) is 10.4 Å². The summed E-state index contributed by atoms with van der Waals surface area (Å²) in [5.41, 5.74) is 0.755. The molecule has 5 nitrogen and oxygen atoms in total. The second-order valence-corrected chi connectivity index (χ2v) is 4.51. The predicted octanol–water partition coefficient (Wildman–Crippen LogP) is 2.54. The second-order valence-electron chi connectivity index (χ2n) is 4.51. The number of rotatable bonds is 3. The Morgan fingerprint density at radius 2 is 2.19 bits per heavy atom. The predicted molar refractivity (Wildman–Crippen MR) is 71.4 cm³/mol. The van der Waals surface area contributed by atoms with Gasteiger partial charge in [-0.3, -0.25) is 9.48 Å². The fourth-order valence-corrected chi connectivity index (χ4v) is 1.74. The molecule has 2 rings (SSSR count). The number of nitrogens with one attached hydrogen (secondary N) is 1. The first-order chi connectivity index (χ1) is 9.92. The van der Waals surface area contributed by atoms with Crippen molar-refractivity contribution in [1.29, 1.82) is 5.26 Å². The van der Waals surface area contributed by atoms with E-state index in [4.69, 9.17) is 5.26 Å². The van der Waals surface area contributed by atoms with Crippen molar-refractivity contribution in [3.8, 4) is 6.07 Å². The lowest BCUT2D eigenvalue weighted by molar-refractivity contribution is -0.119. The van der Waals surface area contributed by atoms with Crippen molar-refractivity contribution in [1.82, 2.24) is 9.78 Å². The molecule has 1 aromatic heterocycles. The van der Waals surface area contributed by atoms with E-state index >= 15 is 0 Å². The minimum atomic E-state index is -0.857. The summed E-state index contributed by atoms with van der Waals surface area (Å²) in [5, 5.41) is 15.3. The third-order valence-corrected chi connectivity index (χ3v) is 3.00. The molecule has 2 aromatic rings. The van der Waals surface area contributed by atoms with Crippen molar-refractivity contribution in [2.45, 2.75) is 19.9 Å². The molecule has 0 fully saturated rings. The number of anilines is 1. The number of benzene rings is 1. The number of hydrogen-bond donors (Lipinski definition) is 1. The molecule has 21 heavy (non-hydrogen) atoms. The van der Waals surface area contributed by atoms with Gasteiger partial charge in [0, 0.05) is 12.3 Å². The number of aromatic nitrogens is 2. The molecule has 0 unspecified atom stereocenters. The van der Waals surface area contributed by atoms with Gasteiger partial charge in [0.05, 0.1) is 16.9 Å². The van der Waals surface area contributed by atoms with Crippen LogP contribution in [0.15, 0.2) is 24.4 Å². The van der Waals surface area contributed by atoms with Gasteiger partial charge in [-0.25, -0.2) is 8.78 Å². The Hall–Kier alpha value is -2.75. The zero-order valence-corrected chi connectivity index (χ0v) is 11.4. The number of amides is 1. The summed E-state index contributed by atoms with van der Waals surface area (Å²) in [4.78, 5) is 12.0. The maximum absolute atomic E-state index is 13.5. The summed E-state index contributed by atoms with van der Waals surface area (Å²) < 4.78 is 27.6. The van der Waals surface area contributed by atoms with Crippen molar-refractivity contribution in [3.05, 3.63) is 47.3 Å². The molecule has 108 valence electrons. The molecule has 0 spiro atoms. The lowest BCUT2D eigenvalue weighted by Gasteiger charge is -2.13. The topological polar surface area (TPSA) is 70.7 Å². The van der Waals surface area contributed by atoms with Crippen LogP contribution in [0.5, 0.6) is 0 Å². The maximum Gasteiger partial charge on any atom is 0.249 e. The van der Waals surface area contributed by atoms with Gasteiger partial charge in [-0.15, -0.1) is 0 Å². The van der Waals surface area contributed by atoms with Gasteiger partial charge in [0.15, 0.2) is 0 Å². The van der Waals surface area contributed by atoms with Gasteiger partial charge < -0.3 is 5.32 Å². The summed E-state index contributed by atoms with van der Waals surface area (Å²) in [6.45, 7) is 3.21. The largest absolute Gasteiger partial charge is 0.322 e. The number of aryl methyl sites for hydroxylation is 1. The van der Waals surface area contributed by atoms with E-state index in [1.807, 2.05) is 6.07 Å². The normalized spacial score (nSPS) is 11.8. The second kappa shape index (κ2) is 5.71. The summed E-state index contributed by atoms with van der Waals surface area (Å²) in [5.74, 6) is -2.10. The number of carbonyl (C=O) groups is 1. The van der Waals surface area contributed by atoms with Crippen LogP contribution in [0.4, 0.5) is 14.5 Å². The zero-order valence-electron chi connectivity index (χ0n) is 11.4. The van der Waals surface area contributed by atoms with Crippen LogP contribution in [0.2, 0.25) is 0 Å². The van der Waals surface area contributed by atoms with Crippen LogP contribution in [-0.2, 0) is 4.79 Å². The van der Waals surface area contributed by atoms with Crippen molar-refractivity contribution in [3.63, 3.8) is 0 Å². The number of hydrogen-bond acceptors (Lipinski definition) is 3. The standard InChI is InChI=1S/C14H12F2N4O/c1-8-10(6-17)7-20(19-8)9(2)14(21)18-13-4-3-11(15)5-12(13)16/h3-5,7,9H,1-2H3,(H,18,21)/t9-/m0/s1. The first-order valence-electron chi connectivity index (χ1n) is 6.14. The van der Waals surface area contributed by atoms with Crippen molar-refractivity contribution in [2.24, 2.45) is 0 Å². The smallest absolute Gasteiger partial charge is 0.249 e. The van der Waals surface area contributed by atoms with E-state index in [-0.39, 0.29) is 5.69 Å².